The molecule has 2 heterocycles. The third kappa shape index (κ3) is 3.78. The van der Waals surface area contributed by atoms with E-state index in [9.17, 15) is 9.59 Å². The highest BCUT2D eigenvalue weighted by molar-refractivity contribution is 7.14. The lowest BCUT2D eigenvalue weighted by atomic mass is 10.1. The Morgan fingerprint density at radius 3 is 2.85 bits per heavy atom. The van der Waals surface area contributed by atoms with Gasteiger partial charge in [0.25, 0.3) is 5.91 Å². The minimum atomic E-state index is -0.520. The van der Waals surface area contributed by atoms with Crippen molar-refractivity contribution in [3.63, 3.8) is 0 Å². The summed E-state index contributed by atoms with van der Waals surface area (Å²) >= 11 is 1.31. The van der Waals surface area contributed by atoms with Gasteiger partial charge in [-0.15, -0.1) is 11.3 Å². The maximum Gasteiger partial charge on any atom is 0.251 e. The van der Waals surface area contributed by atoms with E-state index in [2.05, 4.69) is 15.5 Å². The lowest BCUT2D eigenvalue weighted by Crippen LogP contribution is -2.44. The van der Waals surface area contributed by atoms with E-state index >= 15 is 0 Å². The smallest absolute Gasteiger partial charge is 0.251 e. The standard InChI is InChI=1S/C13H20N4O2S/c1-17(9-2-5-15-6-3-9)8-11(18)16-13-10(12(14)19)4-7-20-13/h4,7,9,15H,2-3,5-6,8H2,1H3,(H2,14,19)(H,16,18). The summed E-state index contributed by atoms with van der Waals surface area (Å²) < 4.78 is 0. The normalized spacial score (nSPS) is 16.3. The summed E-state index contributed by atoms with van der Waals surface area (Å²) in [7, 11) is 1.96. The molecule has 1 aromatic heterocycles. The Hall–Kier alpha value is -1.44. The summed E-state index contributed by atoms with van der Waals surface area (Å²) in [4.78, 5) is 25.3. The Balaban J connectivity index is 1.88. The predicted molar refractivity (Wildman–Crippen MR) is 80.0 cm³/mol. The molecule has 7 heteroatoms. The summed E-state index contributed by atoms with van der Waals surface area (Å²) in [6, 6.07) is 2.06. The first-order valence-corrected chi connectivity index (χ1v) is 7.54. The molecule has 2 amide bonds. The van der Waals surface area contributed by atoms with Crippen LogP contribution in [0.15, 0.2) is 11.4 Å². The first-order valence-electron chi connectivity index (χ1n) is 6.66. The molecule has 20 heavy (non-hydrogen) atoms. The van der Waals surface area contributed by atoms with E-state index in [0.29, 0.717) is 23.2 Å². The lowest BCUT2D eigenvalue weighted by Gasteiger charge is -2.31. The molecule has 0 atom stereocenters. The van der Waals surface area contributed by atoms with Gasteiger partial charge >= 0.3 is 0 Å². The van der Waals surface area contributed by atoms with Crippen molar-refractivity contribution in [1.29, 1.82) is 0 Å². The van der Waals surface area contributed by atoms with E-state index in [0.717, 1.165) is 25.9 Å². The third-order valence-electron chi connectivity index (χ3n) is 3.51. The van der Waals surface area contributed by atoms with Crippen LogP contribution >= 0.6 is 11.3 Å². The highest BCUT2D eigenvalue weighted by atomic mass is 32.1. The van der Waals surface area contributed by atoms with E-state index in [-0.39, 0.29) is 5.91 Å². The van der Waals surface area contributed by atoms with Gasteiger partial charge in [0.15, 0.2) is 0 Å². The Kier molecular flexibility index (Phi) is 5.11. The monoisotopic (exact) mass is 296 g/mol. The molecule has 0 saturated carbocycles. The van der Waals surface area contributed by atoms with Gasteiger partial charge in [-0.2, -0.15) is 0 Å². The van der Waals surface area contributed by atoms with Gasteiger partial charge in [-0.25, -0.2) is 0 Å². The highest BCUT2D eigenvalue weighted by Crippen LogP contribution is 2.22. The van der Waals surface area contributed by atoms with Crippen molar-refractivity contribution < 1.29 is 9.59 Å². The number of amides is 2. The number of carbonyl (C=O) groups excluding carboxylic acids is 2. The van der Waals surface area contributed by atoms with Crippen molar-refractivity contribution in [2.75, 3.05) is 32.0 Å². The van der Waals surface area contributed by atoms with Crippen molar-refractivity contribution >= 4 is 28.2 Å². The summed E-state index contributed by atoms with van der Waals surface area (Å²) in [5, 5.41) is 8.34. The molecule has 1 aromatic rings. The zero-order chi connectivity index (χ0) is 14.5. The predicted octanol–water partition coefficient (Wildman–Crippen LogP) is 0.469. The summed E-state index contributed by atoms with van der Waals surface area (Å²) in [5.41, 5.74) is 5.62. The fraction of sp³-hybridized carbons (Fsp3) is 0.538. The number of carbonyl (C=O) groups is 2. The van der Waals surface area contributed by atoms with Crippen LogP contribution in [0, 0.1) is 0 Å². The molecular formula is C13H20N4O2S. The third-order valence-corrected chi connectivity index (χ3v) is 4.34. The first kappa shape index (κ1) is 15.0. The number of nitrogens with zero attached hydrogens (tertiary/aromatic N) is 1. The zero-order valence-corrected chi connectivity index (χ0v) is 12.3. The highest BCUT2D eigenvalue weighted by Gasteiger charge is 2.20. The van der Waals surface area contributed by atoms with Gasteiger partial charge in [0.1, 0.15) is 5.00 Å². The second-order valence-corrected chi connectivity index (χ2v) is 5.89. The van der Waals surface area contributed by atoms with Crippen LogP contribution in [0.1, 0.15) is 23.2 Å². The molecule has 0 unspecified atom stereocenters. The molecule has 0 radical (unpaired) electrons. The topological polar surface area (TPSA) is 87.5 Å². The Morgan fingerprint density at radius 1 is 1.50 bits per heavy atom. The number of nitrogens with two attached hydrogens (primary N) is 1. The zero-order valence-electron chi connectivity index (χ0n) is 11.5. The second kappa shape index (κ2) is 6.83. The van der Waals surface area contributed by atoms with Crippen LogP contribution in [0.2, 0.25) is 0 Å². The van der Waals surface area contributed by atoms with Gasteiger partial charge < -0.3 is 16.4 Å². The van der Waals surface area contributed by atoms with Gasteiger partial charge in [-0.05, 0) is 44.4 Å². The van der Waals surface area contributed by atoms with E-state index in [1.807, 2.05) is 7.05 Å². The molecule has 6 nitrogen and oxygen atoms in total. The number of hydrogen-bond donors (Lipinski definition) is 3. The minimum Gasteiger partial charge on any atom is -0.366 e. The maximum atomic E-state index is 12.0. The van der Waals surface area contributed by atoms with Crippen molar-refractivity contribution in [2.24, 2.45) is 5.73 Å². The molecule has 2 rings (SSSR count). The number of nitrogens with one attached hydrogen (secondary N) is 2. The van der Waals surface area contributed by atoms with Crippen molar-refractivity contribution in [3.8, 4) is 0 Å². The molecular weight excluding hydrogens is 276 g/mol. The molecule has 0 spiro atoms. The van der Waals surface area contributed by atoms with Crippen LogP contribution in [0.5, 0.6) is 0 Å². The molecule has 1 saturated heterocycles. The Labute approximate surface area is 122 Å². The van der Waals surface area contributed by atoms with Crippen LogP contribution in [-0.4, -0.2) is 49.4 Å². The SMILES string of the molecule is CN(CC(=O)Nc1sccc1C(N)=O)C1CCNCC1. The second-order valence-electron chi connectivity index (χ2n) is 4.97. The minimum absolute atomic E-state index is 0.115. The summed E-state index contributed by atoms with van der Waals surface area (Å²) in [6.07, 6.45) is 2.10. The average molecular weight is 296 g/mol. The van der Waals surface area contributed by atoms with Gasteiger partial charge in [-0.1, -0.05) is 0 Å². The van der Waals surface area contributed by atoms with E-state index in [4.69, 9.17) is 5.73 Å². The van der Waals surface area contributed by atoms with Crippen LogP contribution in [0.25, 0.3) is 0 Å². The maximum absolute atomic E-state index is 12.0. The number of anilines is 1. The molecule has 0 aliphatic carbocycles. The van der Waals surface area contributed by atoms with Gasteiger partial charge in [0.2, 0.25) is 5.91 Å². The van der Waals surface area contributed by atoms with Crippen LogP contribution in [0.4, 0.5) is 5.00 Å². The quantitative estimate of drug-likeness (QED) is 0.737. The summed E-state index contributed by atoms with van der Waals surface area (Å²) in [5.74, 6) is -0.635. The average Bonchev–Trinajstić information content (AvgIpc) is 2.87. The number of primary amides is 1. The molecule has 4 N–H and O–H groups in total. The largest absolute Gasteiger partial charge is 0.366 e. The molecule has 110 valence electrons. The molecule has 1 fully saturated rings. The van der Waals surface area contributed by atoms with E-state index in [1.54, 1.807) is 11.4 Å². The molecule has 1 aliphatic heterocycles. The van der Waals surface area contributed by atoms with E-state index in [1.165, 1.54) is 11.3 Å². The molecule has 1 aliphatic rings. The van der Waals surface area contributed by atoms with Gasteiger partial charge in [0, 0.05) is 6.04 Å². The van der Waals surface area contributed by atoms with Crippen molar-refractivity contribution in [3.05, 3.63) is 17.0 Å². The molecule has 0 bridgehead atoms. The van der Waals surface area contributed by atoms with Gasteiger partial charge in [0.05, 0.1) is 12.1 Å². The molecule has 0 aromatic carbocycles. The first-order chi connectivity index (χ1) is 9.58. The van der Waals surface area contributed by atoms with Gasteiger partial charge in [-0.3, -0.25) is 14.5 Å². The number of rotatable bonds is 5. The number of piperidine rings is 1. The Morgan fingerprint density at radius 2 is 2.20 bits per heavy atom. The number of thiophene rings is 1. The fourth-order valence-electron chi connectivity index (χ4n) is 2.37. The lowest BCUT2D eigenvalue weighted by molar-refractivity contribution is -0.117. The number of likely N-dealkylation sites (N-methyl/N-ethyl adjacent to an activating group) is 1. The van der Waals surface area contributed by atoms with Crippen molar-refractivity contribution in [2.45, 2.75) is 18.9 Å². The van der Waals surface area contributed by atoms with Crippen LogP contribution < -0.4 is 16.4 Å². The van der Waals surface area contributed by atoms with Crippen LogP contribution in [0.3, 0.4) is 0 Å². The van der Waals surface area contributed by atoms with E-state index < -0.39 is 5.91 Å². The van der Waals surface area contributed by atoms with Crippen LogP contribution in [-0.2, 0) is 4.79 Å². The fourth-order valence-corrected chi connectivity index (χ4v) is 3.18. The number of hydrogen-bond acceptors (Lipinski definition) is 5. The Bertz CT molecular complexity index is 482. The van der Waals surface area contributed by atoms with Crippen molar-refractivity contribution in [1.82, 2.24) is 10.2 Å². The summed E-state index contributed by atoms with van der Waals surface area (Å²) in [6.45, 7) is 2.31.